The number of piperazine rings is 1. The molecule has 0 aromatic rings. The maximum Gasteiger partial charge on any atom is 0.0107 e. The second-order valence-corrected chi connectivity index (χ2v) is 7.19. The molecule has 0 saturated carbocycles. The molecule has 0 unspecified atom stereocenters. The molecule has 1 fully saturated rings. The third-order valence-electron chi connectivity index (χ3n) is 5.04. The van der Waals surface area contributed by atoms with Crippen LogP contribution in [0.2, 0.25) is 0 Å². The van der Waals surface area contributed by atoms with Gasteiger partial charge in [-0.2, -0.15) is 0 Å². The fourth-order valence-corrected chi connectivity index (χ4v) is 3.46. The average molecular weight is 311 g/mol. The lowest BCUT2D eigenvalue weighted by atomic mass is 10.0. The Kier molecular flexibility index (Phi) is 14.3. The third-order valence-corrected chi connectivity index (χ3v) is 5.04. The summed E-state index contributed by atoms with van der Waals surface area (Å²) in [4.78, 5) is 2.62. The van der Waals surface area contributed by atoms with Gasteiger partial charge in [-0.25, -0.2) is 0 Å². The Morgan fingerprint density at radius 1 is 0.591 bits per heavy atom. The topological polar surface area (TPSA) is 15.3 Å². The highest BCUT2D eigenvalue weighted by atomic mass is 15.2. The van der Waals surface area contributed by atoms with Gasteiger partial charge in [0.1, 0.15) is 0 Å². The summed E-state index contributed by atoms with van der Waals surface area (Å²) in [5.41, 5.74) is 0. The van der Waals surface area contributed by atoms with Crippen LogP contribution in [0.5, 0.6) is 0 Å². The molecule has 132 valence electrons. The van der Waals surface area contributed by atoms with Gasteiger partial charge in [0.05, 0.1) is 0 Å². The number of unbranched alkanes of at least 4 members (excludes halogenated alkanes) is 13. The van der Waals surface area contributed by atoms with Gasteiger partial charge in [-0.3, -0.25) is 0 Å². The Hall–Kier alpha value is -0.0800. The van der Waals surface area contributed by atoms with E-state index in [-0.39, 0.29) is 0 Å². The minimum absolute atomic E-state index is 1.19. The summed E-state index contributed by atoms with van der Waals surface area (Å²) in [5, 5.41) is 3.42. The first-order valence-corrected chi connectivity index (χ1v) is 10.4. The van der Waals surface area contributed by atoms with Crippen LogP contribution in [-0.2, 0) is 0 Å². The van der Waals surface area contributed by atoms with E-state index in [1.54, 1.807) is 0 Å². The van der Waals surface area contributed by atoms with E-state index in [2.05, 4.69) is 17.1 Å². The summed E-state index contributed by atoms with van der Waals surface area (Å²) in [7, 11) is 0. The van der Waals surface area contributed by atoms with Gasteiger partial charge in [-0.1, -0.05) is 90.4 Å². The highest BCUT2D eigenvalue weighted by Crippen LogP contribution is 2.13. The van der Waals surface area contributed by atoms with Crippen LogP contribution in [0.25, 0.3) is 0 Å². The van der Waals surface area contributed by atoms with Gasteiger partial charge >= 0.3 is 0 Å². The maximum absolute atomic E-state index is 3.42. The SMILES string of the molecule is CCCCCCCCCCCCCCCCN1CCNCC1. The second-order valence-electron chi connectivity index (χ2n) is 7.19. The predicted molar refractivity (Wildman–Crippen MR) is 99.6 cm³/mol. The summed E-state index contributed by atoms with van der Waals surface area (Å²) < 4.78 is 0. The van der Waals surface area contributed by atoms with Gasteiger partial charge in [0.15, 0.2) is 0 Å². The largest absolute Gasteiger partial charge is 0.314 e. The Morgan fingerprint density at radius 3 is 1.45 bits per heavy atom. The van der Waals surface area contributed by atoms with Crippen LogP contribution in [0, 0.1) is 0 Å². The molecule has 1 rings (SSSR count). The Bertz CT molecular complexity index is 212. The molecule has 0 aromatic heterocycles. The average Bonchev–Trinajstić information content (AvgIpc) is 2.56. The van der Waals surface area contributed by atoms with Crippen molar-refractivity contribution in [2.75, 3.05) is 32.7 Å². The van der Waals surface area contributed by atoms with Crippen LogP contribution in [0.1, 0.15) is 96.8 Å². The first-order valence-electron chi connectivity index (χ1n) is 10.4. The molecule has 0 spiro atoms. The van der Waals surface area contributed by atoms with E-state index in [0.29, 0.717) is 0 Å². The molecule has 0 atom stereocenters. The van der Waals surface area contributed by atoms with E-state index >= 15 is 0 Å². The minimum Gasteiger partial charge on any atom is -0.314 e. The van der Waals surface area contributed by atoms with Crippen molar-refractivity contribution in [2.24, 2.45) is 0 Å². The zero-order chi connectivity index (χ0) is 15.7. The highest BCUT2D eigenvalue weighted by Gasteiger charge is 2.07. The molecule has 0 amide bonds. The highest BCUT2D eigenvalue weighted by molar-refractivity contribution is 4.67. The summed E-state index contributed by atoms with van der Waals surface area (Å²) in [5.74, 6) is 0. The number of nitrogens with zero attached hydrogens (tertiary/aromatic N) is 1. The minimum atomic E-state index is 1.19. The number of hydrogen-bond acceptors (Lipinski definition) is 2. The molecule has 0 aliphatic carbocycles. The molecule has 0 aromatic carbocycles. The molecule has 2 heteroatoms. The molecule has 22 heavy (non-hydrogen) atoms. The lowest BCUT2D eigenvalue weighted by Crippen LogP contribution is -2.43. The molecule has 1 saturated heterocycles. The van der Waals surface area contributed by atoms with Crippen LogP contribution < -0.4 is 5.32 Å². The molecule has 2 nitrogen and oxygen atoms in total. The van der Waals surface area contributed by atoms with E-state index < -0.39 is 0 Å². The van der Waals surface area contributed by atoms with Crippen molar-refractivity contribution in [3.63, 3.8) is 0 Å². The molecule has 0 radical (unpaired) electrons. The fraction of sp³-hybridized carbons (Fsp3) is 1.00. The first-order chi connectivity index (χ1) is 10.9. The monoisotopic (exact) mass is 310 g/mol. The summed E-state index contributed by atoms with van der Waals surface area (Å²) in [6.07, 6.45) is 20.4. The van der Waals surface area contributed by atoms with Crippen molar-refractivity contribution in [3.8, 4) is 0 Å². The van der Waals surface area contributed by atoms with Crippen molar-refractivity contribution in [1.82, 2.24) is 10.2 Å². The van der Waals surface area contributed by atoms with Crippen LogP contribution in [0.15, 0.2) is 0 Å². The molecule has 1 aliphatic rings. The maximum atomic E-state index is 3.42. The summed E-state index contributed by atoms with van der Waals surface area (Å²) in [6, 6.07) is 0. The Morgan fingerprint density at radius 2 is 1.00 bits per heavy atom. The van der Waals surface area contributed by atoms with Gasteiger partial charge < -0.3 is 10.2 Å². The van der Waals surface area contributed by atoms with Gasteiger partial charge in [0, 0.05) is 26.2 Å². The first kappa shape index (κ1) is 20.0. The van der Waals surface area contributed by atoms with E-state index in [1.807, 2.05) is 0 Å². The van der Waals surface area contributed by atoms with Crippen molar-refractivity contribution >= 4 is 0 Å². The molecule has 0 bridgehead atoms. The lowest BCUT2D eigenvalue weighted by molar-refractivity contribution is 0.236. The molecule has 1 aliphatic heterocycles. The summed E-state index contributed by atoms with van der Waals surface area (Å²) in [6.45, 7) is 8.54. The number of rotatable bonds is 15. The Labute approximate surface area is 140 Å². The smallest absolute Gasteiger partial charge is 0.0107 e. The zero-order valence-corrected chi connectivity index (χ0v) is 15.4. The zero-order valence-electron chi connectivity index (χ0n) is 15.4. The number of hydrogen-bond donors (Lipinski definition) is 1. The van der Waals surface area contributed by atoms with Crippen molar-refractivity contribution in [3.05, 3.63) is 0 Å². The van der Waals surface area contributed by atoms with Crippen LogP contribution in [0.3, 0.4) is 0 Å². The van der Waals surface area contributed by atoms with E-state index in [0.717, 1.165) is 0 Å². The van der Waals surface area contributed by atoms with Gasteiger partial charge in [0.2, 0.25) is 0 Å². The predicted octanol–water partition coefficient (Wildman–Crippen LogP) is 5.37. The molecular formula is C20H42N2. The van der Waals surface area contributed by atoms with Gasteiger partial charge in [-0.15, -0.1) is 0 Å². The Balaban J connectivity index is 1.68. The van der Waals surface area contributed by atoms with Crippen LogP contribution in [-0.4, -0.2) is 37.6 Å². The quantitative estimate of drug-likeness (QED) is 0.409. The normalized spacial score (nSPS) is 16.2. The van der Waals surface area contributed by atoms with Gasteiger partial charge in [-0.05, 0) is 13.0 Å². The fourth-order valence-electron chi connectivity index (χ4n) is 3.46. The van der Waals surface area contributed by atoms with Crippen molar-refractivity contribution < 1.29 is 0 Å². The van der Waals surface area contributed by atoms with Crippen molar-refractivity contribution in [1.29, 1.82) is 0 Å². The molecule has 1 N–H and O–H groups in total. The van der Waals surface area contributed by atoms with Crippen LogP contribution >= 0.6 is 0 Å². The van der Waals surface area contributed by atoms with E-state index in [9.17, 15) is 0 Å². The molecule has 1 heterocycles. The number of nitrogens with one attached hydrogen (secondary N) is 1. The van der Waals surface area contributed by atoms with Crippen LogP contribution in [0.4, 0.5) is 0 Å². The summed E-state index contributed by atoms with van der Waals surface area (Å²) >= 11 is 0. The van der Waals surface area contributed by atoms with Crippen molar-refractivity contribution in [2.45, 2.75) is 96.8 Å². The molecular weight excluding hydrogens is 268 g/mol. The van der Waals surface area contributed by atoms with E-state index in [4.69, 9.17) is 0 Å². The second kappa shape index (κ2) is 15.8. The standard InChI is InChI=1S/C20H42N2/c1-2-3-4-5-6-7-8-9-10-11-12-13-14-15-18-22-19-16-21-17-20-22/h21H,2-20H2,1H3. The lowest BCUT2D eigenvalue weighted by Gasteiger charge is -2.27. The third kappa shape index (κ3) is 12.5. The van der Waals surface area contributed by atoms with Gasteiger partial charge in [0.25, 0.3) is 0 Å². The van der Waals surface area contributed by atoms with E-state index in [1.165, 1.54) is 123 Å².